The van der Waals surface area contributed by atoms with Gasteiger partial charge in [0.1, 0.15) is 52.1 Å². The van der Waals surface area contributed by atoms with Crippen LogP contribution in [0.4, 0.5) is 8.78 Å². The topological polar surface area (TPSA) is 169 Å². The maximum absolute atomic E-state index is 14.0. The Morgan fingerprint density at radius 2 is 1.95 bits per heavy atom. The van der Waals surface area contributed by atoms with E-state index in [1.54, 1.807) is 12.3 Å². The van der Waals surface area contributed by atoms with Crippen LogP contribution in [0.5, 0.6) is 0 Å². The summed E-state index contributed by atoms with van der Waals surface area (Å²) in [7, 11) is -4.91. The summed E-state index contributed by atoms with van der Waals surface area (Å²) in [5.74, 6) is -2.03. The number of hydrogen-bond donors (Lipinski definition) is 4. The third kappa shape index (κ3) is 6.95. The van der Waals surface area contributed by atoms with Crippen LogP contribution in [0.15, 0.2) is 46.2 Å². The van der Waals surface area contributed by atoms with Gasteiger partial charge in [0.15, 0.2) is 6.79 Å². The molecule has 0 unspecified atom stereocenters. The first-order valence-electron chi connectivity index (χ1n) is 10.6. The zero-order chi connectivity index (χ0) is 27.6. The van der Waals surface area contributed by atoms with E-state index in [-0.39, 0.29) is 11.3 Å². The predicted octanol–water partition coefficient (Wildman–Crippen LogP) is 2.90. The van der Waals surface area contributed by atoms with E-state index in [1.807, 2.05) is 0 Å². The molecular formula is C20H19BrClF2N4O8PS. The van der Waals surface area contributed by atoms with Crippen molar-refractivity contribution in [3.63, 3.8) is 0 Å². The Bertz CT molecular complexity index is 1320. The van der Waals surface area contributed by atoms with E-state index >= 15 is 0 Å². The Labute approximate surface area is 231 Å². The highest BCUT2D eigenvalue weighted by molar-refractivity contribution is 9.10. The minimum atomic E-state index is -4.91. The van der Waals surface area contributed by atoms with Crippen molar-refractivity contribution in [1.29, 1.82) is 0 Å². The summed E-state index contributed by atoms with van der Waals surface area (Å²) in [4.78, 5) is 22.8. The average molecular weight is 660 g/mol. The van der Waals surface area contributed by atoms with Crippen LogP contribution in [0.3, 0.4) is 0 Å². The lowest BCUT2D eigenvalue weighted by Gasteiger charge is -2.43. The lowest BCUT2D eigenvalue weighted by atomic mass is 9.97. The molecule has 1 saturated heterocycles. The number of pyridine rings is 1. The molecule has 0 amide bonds. The van der Waals surface area contributed by atoms with Gasteiger partial charge >= 0.3 is 7.82 Å². The molecule has 5 atom stereocenters. The van der Waals surface area contributed by atoms with Gasteiger partial charge in [0.25, 0.3) is 0 Å². The number of ether oxygens (including phenoxy) is 2. The zero-order valence-electron chi connectivity index (χ0n) is 18.8. The van der Waals surface area contributed by atoms with Gasteiger partial charge in [-0.05, 0) is 34.1 Å². The molecule has 0 aliphatic carbocycles. The lowest BCUT2D eigenvalue weighted by Crippen LogP contribution is -2.56. The molecule has 12 nitrogen and oxygen atoms in total. The van der Waals surface area contributed by atoms with Gasteiger partial charge in [0.2, 0.25) is 0 Å². The number of nitrogens with zero attached hydrogens (tertiary/aromatic N) is 4. The largest absolute Gasteiger partial charge is 0.471 e. The molecule has 3 aromatic rings. The van der Waals surface area contributed by atoms with Crippen molar-refractivity contribution in [3.8, 4) is 11.3 Å². The van der Waals surface area contributed by atoms with Crippen LogP contribution in [0.2, 0.25) is 5.02 Å². The third-order valence-corrected chi connectivity index (χ3v) is 7.68. The highest BCUT2D eigenvalue weighted by Crippen LogP contribution is 2.41. The number of hydrogen-bond acceptors (Lipinski definition) is 10. The number of benzene rings is 1. The van der Waals surface area contributed by atoms with Crippen LogP contribution in [0.1, 0.15) is 6.04 Å². The van der Waals surface area contributed by atoms with Crippen LogP contribution in [-0.4, -0.2) is 77.1 Å². The van der Waals surface area contributed by atoms with E-state index < -0.39 is 67.7 Å². The SMILES string of the molecule is O=P(O)(O)OCO[C@@H]1[C@@H](n2cc(-c3cc(F)c(Cl)c(F)c3)nn2)[C@@H](O)[C@@H](CO)O[C@@H]1Sc1cncc(Br)c1. The smallest absolute Gasteiger partial charge is 0.394 e. The van der Waals surface area contributed by atoms with E-state index in [9.17, 15) is 23.6 Å². The molecule has 206 valence electrons. The highest BCUT2D eigenvalue weighted by Gasteiger charge is 2.48. The first-order valence-corrected chi connectivity index (χ1v) is 14.1. The fraction of sp³-hybridized carbons (Fsp3) is 0.350. The van der Waals surface area contributed by atoms with Crippen LogP contribution >= 0.6 is 47.1 Å². The number of rotatable bonds is 9. The number of aromatic nitrogens is 4. The Kier molecular flexibility index (Phi) is 9.53. The van der Waals surface area contributed by atoms with Gasteiger partial charge in [-0.3, -0.25) is 9.51 Å². The summed E-state index contributed by atoms with van der Waals surface area (Å²) in [6.45, 7) is -1.50. The van der Waals surface area contributed by atoms with Crippen LogP contribution in [0, 0.1) is 11.6 Å². The van der Waals surface area contributed by atoms with Crippen molar-refractivity contribution in [2.75, 3.05) is 13.4 Å². The molecule has 0 spiro atoms. The number of aliphatic hydroxyl groups excluding tert-OH is 2. The fourth-order valence-corrected chi connectivity index (χ4v) is 5.64. The molecule has 38 heavy (non-hydrogen) atoms. The minimum absolute atomic E-state index is 0.00402. The normalized spacial score (nSPS) is 24.1. The maximum atomic E-state index is 14.0. The number of halogens is 4. The van der Waals surface area contributed by atoms with Gasteiger partial charge in [-0.1, -0.05) is 28.6 Å². The van der Waals surface area contributed by atoms with Crippen molar-refractivity contribution in [3.05, 3.63) is 57.9 Å². The van der Waals surface area contributed by atoms with Gasteiger partial charge < -0.3 is 29.5 Å². The molecule has 2 aromatic heterocycles. The summed E-state index contributed by atoms with van der Waals surface area (Å²) < 4.78 is 56.9. The van der Waals surface area contributed by atoms with E-state index in [1.165, 1.54) is 12.4 Å². The Hall–Kier alpha value is -1.56. The summed E-state index contributed by atoms with van der Waals surface area (Å²) in [5.41, 5.74) is -0.969. The molecule has 0 bridgehead atoms. The van der Waals surface area contributed by atoms with E-state index in [0.29, 0.717) is 9.37 Å². The van der Waals surface area contributed by atoms with E-state index in [2.05, 4.69) is 35.7 Å². The summed E-state index contributed by atoms with van der Waals surface area (Å²) in [5, 5.41) is 28.1. The summed E-state index contributed by atoms with van der Waals surface area (Å²) in [6, 6.07) is 2.46. The monoisotopic (exact) mass is 658 g/mol. The third-order valence-electron chi connectivity index (χ3n) is 5.33. The van der Waals surface area contributed by atoms with Gasteiger partial charge in [-0.15, -0.1) is 5.10 Å². The molecule has 0 saturated carbocycles. The Balaban J connectivity index is 1.71. The van der Waals surface area contributed by atoms with Crippen molar-refractivity contribution < 1.29 is 47.3 Å². The highest BCUT2D eigenvalue weighted by atomic mass is 79.9. The molecule has 1 aromatic carbocycles. The second-order valence-corrected chi connectivity index (χ2v) is 11.6. The summed E-state index contributed by atoms with van der Waals surface area (Å²) >= 11 is 9.95. The number of aliphatic hydroxyl groups is 2. The van der Waals surface area contributed by atoms with E-state index in [0.717, 1.165) is 28.6 Å². The second-order valence-electron chi connectivity index (χ2n) is 7.87. The fourth-order valence-electron chi connectivity index (χ4n) is 3.66. The second kappa shape index (κ2) is 12.3. The van der Waals surface area contributed by atoms with Crippen molar-refractivity contribution in [2.45, 2.75) is 34.7 Å². The van der Waals surface area contributed by atoms with Crippen molar-refractivity contribution >= 4 is 47.1 Å². The minimum Gasteiger partial charge on any atom is -0.394 e. The molecule has 3 heterocycles. The molecule has 1 aliphatic heterocycles. The molecule has 1 fully saturated rings. The number of phosphoric ester groups is 1. The van der Waals surface area contributed by atoms with Gasteiger partial charge in [-0.25, -0.2) is 18.0 Å². The Morgan fingerprint density at radius 3 is 2.58 bits per heavy atom. The first kappa shape index (κ1) is 29.4. The first-order chi connectivity index (χ1) is 18.0. The molecule has 4 rings (SSSR count). The molecular weight excluding hydrogens is 641 g/mol. The quantitative estimate of drug-likeness (QED) is 0.151. The number of thioether (sulfide) groups is 1. The van der Waals surface area contributed by atoms with Gasteiger partial charge in [0, 0.05) is 27.3 Å². The van der Waals surface area contributed by atoms with Crippen LogP contribution in [0.25, 0.3) is 11.3 Å². The lowest BCUT2D eigenvalue weighted by molar-refractivity contribution is -0.207. The predicted molar refractivity (Wildman–Crippen MR) is 132 cm³/mol. The van der Waals surface area contributed by atoms with Gasteiger partial charge in [0.05, 0.1) is 12.8 Å². The number of phosphoric acid groups is 1. The Morgan fingerprint density at radius 1 is 1.24 bits per heavy atom. The van der Waals surface area contributed by atoms with Gasteiger partial charge in [-0.2, -0.15) is 0 Å². The molecule has 1 aliphatic rings. The standard InChI is InChI=1S/C20H19BrClF2N4O8PS/c21-10-3-11(5-25-4-10)38-20-19(34-8-35-37(31,32)33)17(18(30)15(7-29)36-20)28-6-14(26-27-28)9-1-12(23)16(22)13(24)2-9/h1-6,15,17-20,29-30H,7-8H2,(H2,31,32,33)/t15-,17+,18+,19-,20-/m1/s1. The molecule has 4 N–H and O–H groups in total. The molecule has 0 radical (unpaired) electrons. The zero-order valence-corrected chi connectivity index (χ0v) is 22.9. The average Bonchev–Trinajstić information content (AvgIpc) is 3.33. The summed E-state index contributed by atoms with van der Waals surface area (Å²) in [6.07, 6.45) is 0.544. The van der Waals surface area contributed by atoms with Crippen molar-refractivity contribution in [2.24, 2.45) is 0 Å². The van der Waals surface area contributed by atoms with Crippen LogP contribution in [-0.2, 0) is 18.6 Å². The van der Waals surface area contributed by atoms with Crippen molar-refractivity contribution in [1.82, 2.24) is 20.0 Å². The molecule has 18 heteroatoms. The maximum Gasteiger partial charge on any atom is 0.471 e. The van der Waals surface area contributed by atoms with E-state index in [4.69, 9.17) is 30.9 Å². The van der Waals surface area contributed by atoms with Crippen LogP contribution < -0.4 is 0 Å².